The van der Waals surface area contributed by atoms with Gasteiger partial charge in [-0.3, -0.25) is 0 Å². The first kappa shape index (κ1) is 41.7. The Morgan fingerprint density at radius 2 is 0.955 bits per heavy atom. The van der Waals surface area contributed by atoms with Crippen LogP contribution in [-0.2, 0) is 0 Å². The van der Waals surface area contributed by atoms with E-state index in [1.54, 1.807) is 0 Å². The van der Waals surface area contributed by atoms with Gasteiger partial charge in [-0.25, -0.2) is 0 Å². The largest absolute Gasteiger partial charge is 0.456 e. The third-order valence-electron chi connectivity index (χ3n) is 13.0. The highest BCUT2D eigenvalue weighted by molar-refractivity contribution is 7.71. The molecule has 1 unspecified atom stereocenters. The van der Waals surface area contributed by atoms with Gasteiger partial charge in [0.1, 0.15) is 18.9 Å². The fraction of sp³-hybridized carbons (Fsp3) is 0.0847. The quantitative estimate of drug-likeness (QED) is 0.101. The average molecular weight is 906 g/mol. The number of anilines is 6. The van der Waals surface area contributed by atoms with Crippen LogP contribution >= 0.6 is 8.79 Å². The molecule has 2 aromatic heterocycles. The van der Waals surface area contributed by atoms with Crippen molar-refractivity contribution in [2.75, 3.05) is 9.80 Å². The number of hydrogen-bond donors (Lipinski definition) is 0. The second kappa shape index (κ2) is 16.5. The van der Waals surface area contributed by atoms with Gasteiger partial charge < -0.3 is 18.8 Å². The lowest BCUT2D eigenvalue weighted by atomic mass is 9.98. The van der Waals surface area contributed by atoms with Gasteiger partial charge in [0.15, 0.2) is 0 Å². The molecule has 0 bridgehead atoms. The summed E-state index contributed by atoms with van der Waals surface area (Å²) in [4.78, 5) is 4.87. The molecule has 11 rings (SSSR count). The van der Waals surface area contributed by atoms with Crippen molar-refractivity contribution in [3.63, 3.8) is 0 Å². The van der Waals surface area contributed by atoms with E-state index >= 15 is 0 Å². The topological polar surface area (TPSA) is 24.6 Å². The van der Waals surface area contributed by atoms with Gasteiger partial charge in [0.2, 0.25) is 0 Å². The molecule has 0 saturated carbocycles. The first-order valence-electron chi connectivity index (χ1n) is 22.8. The minimum atomic E-state index is -1.66. The lowest BCUT2D eigenvalue weighted by Crippen LogP contribution is -2.37. The molecule has 0 aliphatic carbocycles. The molecule has 0 fully saturated rings. The fourth-order valence-electron chi connectivity index (χ4n) is 9.54. The van der Waals surface area contributed by atoms with Crippen molar-refractivity contribution < 1.29 is 4.42 Å². The molecule has 11 aromatic rings. The highest BCUT2D eigenvalue weighted by atomic mass is 31.3. The van der Waals surface area contributed by atoms with E-state index in [-0.39, 0.29) is 0 Å². The van der Waals surface area contributed by atoms with Crippen LogP contribution in [0.2, 0.25) is 32.7 Å². The molecule has 0 spiro atoms. The Labute approximate surface area is 391 Å². The summed E-state index contributed by atoms with van der Waals surface area (Å²) in [5.41, 5.74) is 14.0. The van der Waals surface area contributed by atoms with Crippen LogP contribution in [0.3, 0.4) is 0 Å². The van der Waals surface area contributed by atoms with E-state index < -0.39 is 15.8 Å². The van der Waals surface area contributed by atoms with Crippen molar-refractivity contribution in [1.29, 1.82) is 0 Å². The molecular weight excluding hydrogens is 854 g/mol. The SMILES string of the molecule is C[Si](C)(C)c1ccc(N(c2ccccc2)c2cc(N(c3ccc([Si](C)(C)P)cc3)c3ccc4c5ccccc5n(-c5ccccc5)c4c3)ccc2-c2ccc3oc4ccccc4c3c2)cc1. The van der Waals surface area contributed by atoms with Crippen LogP contribution in [0.1, 0.15) is 0 Å². The van der Waals surface area contributed by atoms with Crippen molar-refractivity contribution in [2.45, 2.75) is 32.7 Å². The summed E-state index contributed by atoms with van der Waals surface area (Å²) in [6.07, 6.45) is 0. The number of nitrogens with zero attached hydrogens (tertiary/aromatic N) is 3. The van der Waals surface area contributed by atoms with Gasteiger partial charge in [0, 0.05) is 61.2 Å². The van der Waals surface area contributed by atoms with Gasteiger partial charge in [-0.15, -0.1) is 8.79 Å². The van der Waals surface area contributed by atoms with Crippen LogP contribution < -0.4 is 20.2 Å². The molecule has 0 amide bonds. The molecule has 0 radical (unpaired) electrons. The van der Waals surface area contributed by atoms with Gasteiger partial charge in [-0.05, 0) is 103 Å². The first-order chi connectivity index (χ1) is 32.0. The van der Waals surface area contributed by atoms with Crippen molar-refractivity contribution >= 4 is 113 Å². The average Bonchev–Trinajstić information content (AvgIpc) is 3.87. The van der Waals surface area contributed by atoms with Crippen LogP contribution in [0.5, 0.6) is 0 Å². The summed E-state index contributed by atoms with van der Waals surface area (Å²) in [6.45, 7) is 12.0. The molecule has 0 N–H and O–H groups in total. The minimum absolute atomic E-state index is 0.884. The standard InChI is InChI=1S/C59H52N3OPSi2/c1-65(2,3)48-31-25-45(26-32-48)61(42-16-8-6-9-17-42)56-39-46(29-35-50(56)41-24-37-59-54(38-41)53-21-13-15-23-58(53)63-59)60(44-27-33-49(34-28-44)66(4,5)64)47-30-36-52-51-20-12-14-22-55(51)62(57(52)40-47)43-18-10-7-11-19-43/h6-40H,64H2,1-5H3. The smallest absolute Gasteiger partial charge is 0.135 e. The van der Waals surface area contributed by atoms with Crippen LogP contribution in [0.4, 0.5) is 34.1 Å². The molecule has 2 heterocycles. The zero-order valence-corrected chi connectivity index (χ0v) is 41.2. The third-order valence-corrected chi connectivity index (χ3v) is 17.9. The maximum atomic E-state index is 6.35. The van der Waals surface area contributed by atoms with Crippen LogP contribution in [0.15, 0.2) is 217 Å². The maximum Gasteiger partial charge on any atom is 0.135 e. The zero-order valence-electron chi connectivity index (χ0n) is 38.0. The summed E-state index contributed by atoms with van der Waals surface area (Å²) in [5.74, 6) is 0. The number of benzene rings is 9. The maximum absolute atomic E-state index is 6.35. The van der Waals surface area contributed by atoms with Gasteiger partial charge >= 0.3 is 0 Å². The molecule has 9 aromatic carbocycles. The Bertz CT molecular complexity index is 3550. The number of fused-ring (bicyclic) bond motifs is 6. The van der Waals surface area contributed by atoms with E-state index in [4.69, 9.17) is 4.42 Å². The number of para-hydroxylation sites is 4. The first-order valence-corrected chi connectivity index (χ1v) is 31.1. The number of hydrogen-bond acceptors (Lipinski definition) is 3. The zero-order chi connectivity index (χ0) is 45.2. The van der Waals surface area contributed by atoms with Gasteiger partial charge in [0.25, 0.3) is 0 Å². The number of rotatable bonds is 10. The molecule has 66 heavy (non-hydrogen) atoms. The molecule has 4 nitrogen and oxygen atoms in total. The lowest BCUT2D eigenvalue weighted by molar-refractivity contribution is 0.669. The summed E-state index contributed by atoms with van der Waals surface area (Å²) in [6, 6.07) is 77.8. The Morgan fingerprint density at radius 3 is 1.67 bits per heavy atom. The van der Waals surface area contributed by atoms with Crippen molar-refractivity contribution in [2.24, 2.45) is 0 Å². The predicted molar refractivity (Wildman–Crippen MR) is 293 cm³/mol. The number of furan rings is 1. The highest BCUT2D eigenvalue weighted by Crippen LogP contribution is 2.47. The Balaban J connectivity index is 1.18. The van der Waals surface area contributed by atoms with Crippen molar-refractivity contribution in [1.82, 2.24) is 4.57 Å². The summed E-state index contributed by atoms with van der Waals surface area (Å²) >= 11 is 0. The molecule has 0 saturated heterocycles. The van der Waals surface area contributed by atoms with Gasteiger partial charge in [-0.1, -0.05) is 158 Å². The van der Waals surface area contributed by atoms with Crippen molar-refractivity contribution in [3.8, 4) is 16.8 Å². The third kappa shape index (κ3) is 7.55. The molecule has 0 aliphatic rings. The van der Waals surface area contributed by atoms with Crippen LogP contribution in [0.25, 0.3) is 60.6 Å². The second-order valence-corrected chi connectivity index (χ2v) is 32.4. The van der Waals surface area contributed by atoms with Crippen LogP contribution in [-0.4, -0.2) is 20.4 Å². The van der Waals surface area contributed by atoms with E-state index in [1.165, 1.54) is 26.7 Å². The Morgan fingerprint density at radius 1 is 0.409 bits per heavy atom. The molecule has 322 valence electrons. The van der Waals surface area contributed by atoms with E-state index in [9.17, 15) is 0 Å². The normalized spacial score (nSPS) is 12.1. The minimum Gasteiger partial charge on any atom is -0.456 e. The van der Waals surface area contributed by atoms with Gasteiger partial charge in [0.05, 0.1) is 24.8 Å². The van der Waals surface area contributed by atoms with E-state index in [0.29, 0.717) is 0 Å². The molecule has 0 aliphatic heterocycles. The Kier molecular flexibility index (Phi) is 10.4. The monoisotopic (exact) mass is 905 g/mol. The predicted octanol–water partition coefficient (Wildman–Crippen LogP) is 16.1. The molecule has 7 heteroatoms. The highest BCUT2D eigenvalue weighted by Gasteiger charge is 2.25. The van der Waals surface area contributed by atoms with Crippen LogP contribution in [0, 0.1) is 0 Å². The molecular formula is C59H52N3OPSi2. The van der Waals surface area contributed by atoms with Gasteiger partial charge in [-0.2, -0.15) is 0 Å². The Hall–Kier alpha value is -6.96. The lowest BCUT2D eigenvalue weighted by Gasteiger charge is -2.32. The number of aromatic nitrogens is 1. The summed E-state index contributed by atoms with van der Waals surface area (Å²) < 4.78 is 8.75. The van der Waals surface area contributed by atoms with Crippen molar-refractivity contribution in [3.05, 3.63) is 212 Å². The fourth-order valence-corrected chi connectivity index (χ4v) is 12.3. The van der Waals surface area contributed by atoms with E-state index in [1.807, 2.05) is 6.07 Å². The molecule has 1 atom stereocenters. The summed E-state index contributed by atoms with van der Waals surface area (Å²) in [5, 5.41) is 7.50. The van der Waals surface area contributed by atoms with E-state index in [0.717, 1.165) is 78.4 Å². The summed E-state index contributed by atoms with van der Waals surface area (Å²) in [7, 11) is -0.0697. The van der Waals surface area contributed by atoms with E-state index in [2.05, 4.69) is 262 Å². The second-order valence-electron chi connectivity index (χ2n) is 19.0.